The van der Waals surface area contributed by atoms with Crippen LogP contribution < -0.4 is 15.8 Å². The Morgan fingerprint density at radius 1 is 1.33 bits per heavy atom. The number of carbonyl (C=O) groups excluding carboxylic acids is 2. The Labute approximate surface area is 188 Å². The summed E-state index contributed by atoms with van der Waals surface area (Å²) in [5.74, 6) is -0.0876. The molecular formula is C20H31Cl2N3O5. The molecule has 170 valence electrons. The lowest BCUT2D eigenvalue weighted by molar-refractivity contribution is -0.143. The average molecular weight is 464 g/mol. The van der Waals surface area contributed by atoms with E-state index in [1.54, 1.807) is 14.0 Å². The van der Waals surface area contributed by atoms with E-state index < -0.39 is 0 Å². The Kier molecular flexibility index (Phi) is 11.3. The Hall–Kier alpha value is -1.74. The Balaban J connectivity index is 0.00000450. The van der Waals surface area contributed by atoms with Crippen LogP contribution >= 0.6 is 24.0 Å². The molecule has 1 saturated heterocycles. The minimum atomic E-state index is -0.286. The third-order valence-electron chi connectivity index (χ3n) is 4.99. The van der Waals surface area contributed by atoms with Gasteiger partial charge in [0.15, 0.2) is 0 Å². The van der Waals surface area contributed by atoms with Gasteiger partial charge < -0.3 is 30.2 Å². The minimum Gasteiger partial charge on any atom is -0.496 e. The van der Waals surface area contributed by atoms with Crippen molar-refractivity contribution in [3.63, 3.8) is 0 Å². The van der Waals surface area contributed by atoms with Gasteiger partial charge in [-0.1, -0.05) is 11.6 Å². The molecule has 2 rings (SSSR count). The molecule has 0 spiro atoms. The number of nitrogen functional groups attached to an aromatic ring is 1. The summed E-state index contributed by atoms with van der Waals surface area (Å²) < 4.78 is 15.8. The predicted molar refractivity (Wildman–Crippen MR) is 119 cm³/mol. The number of likely N-dealkylation sites (tertiary alicyclic amines) is 1. The molecule has 8 nitrogen and oxygen atoms in total. The van der Waals surface area contributed by atoms with Crippen molar-refractivity contribution in [3.8, 4) is 5.75 Å². The number of carbonyl (C=O) groups is 2. The Bertz CT molecular complexity index is 720. The second-order valence-corrected chi connectivity index (χ2v) is 7.33. The van der Waals surface area contributed by atoms with Crippen LogP contribution in [0.1, 0.15) is 36.5 Å². The number of halogens is 2. The number of anilines is 1. The summed E-state index contributed by atoms with van der Waals surface area (Å²) in [6.45, 7) is 4.45. The second-order valence-electron chi connectivity index (χ2n) is 6.93. The molecule has 0 radical (unpaired) electrons. The fourth-order valence-corrected chi connectivity index (χ4v) is 3.59. The SMILES string of the molecule is CCOC(=O)CCCN1CCC(NC(=O)c2cc(Cl)c(N)cc2OC)C(OC)C1.Cl. The van der Waals surface area contributed by atoms with E-state index in [-0.39, 0.29) is 36.4 Å². The predicted octanol–water partition coefficient (Wildman–Crippen LogP) is 2.52. The number of hydrogen-bond acceptors (Lipinski definition) is 7. The van der Waals surface area contributed by atoms with E-state index >= 15 is 0 Å². The molecular weight excluding hydrogens is 433 g/mol. The lowest BCUT2D eigenvalue weighted by Gasteiger charge is -2.38. The van der Waals surface area contributed by atoms with E-state index in [1.807, 2.05) is 0 Å². The lowest BCUT2D eigenvalue weighted by atomic mass is 10.0. The molecule has 1 aromatic carbocycles. The number of nitrogens with zero attached hydrogens (tertiary/aromatic N) is 1. The summed E-state index contributed by atoms with van der Waals surface area (Å²) in [6.07, 6.45) is 1.70. The van der Waals surface area contributed by atoms with Crippen LogP contribution in [-0.4, -0.2) is 69.4 Å². The summed E-state index contributed by atoms with van der Waals surface area (Å²) in [7, 11) is 3.11. The number of piperidine rings is 1. The van der Waals surface area contributed by atoms with Crippen molar-refractivity contribution in [1.82, 2.24) is 10.2 Å². The van der Waals surface area contributed by atoms with E-state index in [0.717, 1.165) is 25.9 Å². The fourth-order valence-electron chi connectivity index (χ4n) is 3.43. The summed E-state index contributed by atoms with van der Waals surface area (Å²) >= 11 is 6.07. The number of rotatable bonds is 9. The molecule has 1 aromatic rings. The first-order valence-corrected chi connectivity index (χ1v) is 10.1. The highest BCUT2D eigenvalue weighted by atomic mass is 35.5. The van der Waals surface area contributed by atoms with E-state index in [4.69, 9.17) is 31.5 Å². The zero-order valence-corrected chi connectivity index (χ0v) is 19.2. The van der Waals surface area contributed by atoms with Gasteiger partial charge in [0.2, 0.25) is 0 Å². The van der Waals surface area contributed by atoms with Gasteiger partial charge in [-0.05, 0) is 32.4 Å². The molecule has 0 bridgehead atoms. The number of nitrogens with one attached hydrogen (secondary N) is 1. The summed E-state index contributed by atoms with van der Waals surface area (Å²) in [5.41, 5.74) is 6.47. The first kappa shape index (κ1) is 26.3. The van der Waals surface area contributed by atoms with Crippen molar-refractivity contribution in [3.05, 3.63) is 22.7 Å². The molecule has 1 aliphatic rings. The molecule has 2 atom stereocenters. The first-order chi connectivity index (χ1) is 13.9. The van der Waals surface area contributed by atoms with Crippen LogP contribution in [0.2, 0.25) is 5.02 Å². The number of benzene rings is 1. The quantitative estimate of drug-likeness (QED) is 0.428. The number of esters is 1. The fraction of sp³-hybridized carbons (Fsp3) is 0.600. The summed E-state index contributed by atoms with van der Waals surface area (Å²) in [6, 6.07) is 2.91. The average Bonchev–Trinajstić information content (AvgIpc) is 2.70. The molecule has 1 amide bonds. The van der Waals surface area contributed by atoms with Crippen LogP contribution in [0.5, 0.6) is 5.75 Å². The molecule has 0 aliphatic carbocycles. The highest BCUT2D eigenvalue weighted by Crippen LogP contribution is 2.29. The van der Waals surface area contributed by atoms with Crippen molar-refractivity contribution in [2.45, 2.75) is 38.3 Å². The van der Waals surface area contributed by atoms with Gasteiger partial charge >= 0.3 is 5.97 Å². The smallest absolute Gasteiger partial charge is 0.305 e. The number of ether oxygens (including phenoxy) is 3. The monoisotopic (exact) mass is 463 g/mol. The van der Waals surface area contributed by atoms with Crippen LogP contribution in [0.4, 0.5) is 5.69 Å². The summed E-state index contributed by atoms with van der Waals surface area (Å²) in [5, 5.41) is 3.33. The third-order valence-corrected chi connectivity index (χ3v) is 5.31. The van der Waals surface area contributed by atoms with E-state index in [9.17, 15) is 9.59 Å². The molecule has 3 N–H and O–H groups in total. The van der Waals surface area contributed by atoms with E-state index in [2.05, 4.69) is 10.2 Å². The molecule has 30 heavy (non-hydrogen) atoms. The Morgan fingerprint density at radius 3 is 2.70 bits per heavy atom. The molecule has 1 fully saturated rings. The van der Waals surface area contributed by atoms with E-state index in [0.29, 0.717) is 41.6 Å². The number of amides is 1. The number of hydrogen-bond donors (Lipinski definition) is 2. The minimum absolute atomic E-state index is 0. The van der Waals surface area contributed by atoms with Gasteiger partial charge in [0.25, 0.3) is 5.91 Å². The van der Waals surface area contributed by atoms with Gasteiger partial charge in [-0.2, -0.15) is 0 Å². The molecule has 0 saturated carbocycles. The largest absolute Gasteiger partial charge is 0.496 e. The maximum Gasteiger partial charge on any atom is 0.305 e. The van der Waals surface area contributed by atoms with Crippen molar-refractivity contribution in [1.29, 1.82) is 0 Å². The van der Waals surface area contributed by atoms with Crippen LogP contribution in [0.3, 0.4) is 0 Å². The molecule has 1 heterocycles. The van der Waals surface area contributed by atoms with Crippen LogP contribution in [0, 0.1) is 0 Å². The maximum atomic E-state index is 12.8. The number of methoxy groups -OCH3 is 2. The second kappa shape index (κ2) is 12.8. The molecule has 10 heteroatoms. The highest BCUT2D eigenvalue weighted by Gasteiger charge is 2.31. The zero-order valence-electron chi connectivity index (χ0n) is 17.6. The van der Waals surface area contributed by atoms with Crippen LogP contribution in [0.15, 0.2) is 12.1 Å². The molecule has 1 aliphatic heterocycles. The van der Waals surface area contributed by atoms with Crippen molar-refractivity contribution in [2.24, 2.45) is 0 Å². The number of nitrogens with two attached hydrogens (primary N) is 1. The lowest BCUT2D eigenvalue weighted by Crippen LogP contribution is -2.54. The normalized spacial score (nSPS) is 18.9. The van der Waals surface area contributed by atoms with Crippen molar-refractivity contribution in [2.75, 3.05) is 46.2 Å². The Morgan fingerprint density at radius 2 is 2.07 bits per heavy atom. The topological polar surface area (TPSA) is 103 Å². The van der Waals surface area contributed by atoms with Gasteiger partial charge in [-0.3, -0.25) is 9.59 Å². The van der Waals surface area contributed by atoms with Gasteiger partial charge in [0, 0.05) is 32.7 Å². The standard InChI is InChI=1S/C20H30ClN3O5.ClH/c1-4-29-19(25)6-5-8-24-9-7-16(18(12-24)28-3)23-20(26)13-10-14(21)15(22)11-17(13)27-2;/h10-11,16,18H,4-9,12,22H2,1-3H3,(H,23,26);1H. The van der Waals surface area contributed by atoms with E-state index in [1.165, 1.54) is 19.2 Å². The molecule has 2 unspecified atom stereocenters. The van der Waals surface area contributed by atoms with Crippen LogP contribution in [0.25, 0.3) is 0 Å². The van der Waals surface area contributed by atoms with Gasteiger partial charge in [-0.15, -0.1) is 12.4 Å². The van der Waals surface area contributed by atoms with Gasteiger partial charge in [0.05, 0.1) is 42.1 Å². The molecule has 0 aromatic heterocycles. The van der Waals surface area contributed by atoms with Crippen molar-refractivity contribution >= 4 is 41.6 Å². The van der Waals surface area contributed by atoms with Crippen molar-refractivity contribution < 1.29 is 23.8 Å². The first-order valence-electron chi connectivity index (χ1n) is 9.74. The third kappa shape index (κ3) is 7.19. The van der Waals surface area contributed by atoms with Gasteiger partial charge in [-0.25, -0.2) is 0 Å². The summed E-state index contributed by atoms with van der Waals surface area (Å²) in [4.78, 5) is 26.5. The maximum absolute atomic E-state index is 12.8. The zero-order chi connectivity index (χ0) is 21.4. The highest BCUT2D eigenvalue weighted by molar-refractivity contribution is 6.33. The van der Waals surface area contributed by atoms with Gasteiger partial charge in [0.1, 0.15) is 5.75 Å². The van der Waals surface area contributed by atoms with Crippen LogP contribution in [-0.2, 0) is 14.3 Å².